The molecule has 0 radical (unpaired) electrons. The van der Waals surface area contributed by atoms with E-state index in [0.717, 1.165) is 41.7 Å². The van der Waals surface area contributed by atoms with Crippen LogP contribution < -0.4 is 5.32 Å². The van der Waals surface area contributed by atoms with Crippen LogP contribution in [0, 0.1) is 5.82 Å². The van der Waals surface area contributed by atoms with E-state index >= 15 is 0 Å². The van der Waals surface area contributed by atoms with Crippen molar-refractivity contribution >= 4 is 22.5 Å². The van der Waals surface area contributed by atoms with Crippen LogP contribution >= 0.6 is 11.6 Å². The fourth-order valence-electron chi connectivity index (χ4n) is 4.41. The molecule has 0 saturated carbocycles. The number of aromatic amines is 1. The second-order valence-corrected chi connectivity index (χ2v) is 8.36. The Morgan fingerprint density at radius 1 is 0.969 bits per heavy atom. The molecule has 0 atom stereocenters. The van der Waals surface area contributed by atoms with Gasteiger partial charge in [-0.2, -0.15) is 0 Å². The van der Waals surface area contributed by atoms with Gasteiger partial charge in [0.1, 0.15) is 5.82 Å². The van der Waals surface area contributed by atoms with Gasteiger partial charge in [-0.3, -0.25) is 4.98 Å². The van der Waals surface area contributed by atoms with E-state index in [1.807, 2.05) is 18.3 Å². The van der Waals surface area contributed by atoms with Gasteiger partial charge < -0.3 is 14.9 Å². The molecule has 0 unspecified atom stereocenters. The number of rotatable bonds is 3. The van der Waals surface area contributed by atoms with E-state index < -0.39 is 0 Å². The number of benzene rings is 2. The summed E-state index contributed by atoms with van der Waals surface area (Å²) >= 11 is 6.11. The molecule has 0 saturated heterocycles. The molecule has 32 heavy (non-hydrogen) atoms. The Morgan fingerprint density at radius 2 is 1.88 bits per heavy atom. The van der Waals surface area contributed by atoms with Crippen molar-refractivity contribution in [2.45, 2.75) is 13.1 Å². The van der Waals surface area contributed by atoms with E-state index in [2.05, 4.69) is 49.1 Å². The van der Waals surface area contributed by atoms with Crippen molar-refractivity contribution in [3.05, 3.63) is 83.7 Å². The van der Waals surface area contributed by atoms with Crippen LogP contribution in [0.15, 0.2) is 67.1 Å². The first-order valence-corrected chi connectivity index (χ1v) is 10.8. The Hall–Kier alpha value is -3.48. The van der Waals surface area contributed by atoms with E-state index in [1.54, 1.807) is 12.4 Å². The summed E-state index contributed by atoms with van der Waals surface area (Å²) in [5.41, 5.74) is 6.97. The van der Waals surface area contributed by atoms with Crippen LogP contribution in [0.1, 0.15) is 5.69 Å². The molecule has 0 spiro atoms. The summed E-state index contributed by atoms with van der Waals surface area (Å²) < 4.78 is 16.9. The van der Waals surface area contributed by atoms with Crippen LogP contribution in [0.3, 0.4) is 0 Å². The molecule has 4 heterocycles. The van der Waals surface area contributed by atoms with Crippen molar-refractivity contribution in [3.8, 4) is 33.8 Å². The first-order valence-electron chi connectivity index (χ1n) is 10.5. The number of aromatic nitrogens is 4. The largest absolute Gasteiger partial charge is 0.344 e. The topological polar surface area (TPSA) is 58.5 Å². The van der Waals surface area contributed by atoms with Crippen LogP contribution in [0.2, 0.25) is 5.02 Å². The van der Waals surface area contributed by atoms with Crippen molar-refractivity contribution < 1.29 is 4.39 Å². The normalized spacial score (nSPS) is 13.4. The lowest BCUT2D eigenvalue weighted by molar-refractivity contribution is 0.520. The number of hydrogen-bond donors (Lipinski definition) is 2. The molecule has 0 bridgehead atoms. The van der Waals surface area contributed by atoms with Gasteiger partial charge in [0.25, 0.3) is 0 Å². The zero-order valence-corrected chi connectivity index (χ0v) is 17.8. The molecule has 6 rings (SSSR count). The van der Waals surface area contributed by atoms with E-state index in [9.17, 15) is 4.39 Å². The van der Waals surface area contributed by atoms with E-state index in [0.29, 0.717) is 22.0 Å². The van der Waals surface area contributed by atoms with Gasteiger partial charge in [0.05, 0.1) is 23.2 Å². The van der Waals surface area contributed by atoms with E-state index in [1.165, 1.54) is 23.5 Å². The van der Waals surface area contributed by atoms with E-state index in [4.69, 9.17) is 11.6 Å². The molecule has 158 valence electrons. The maximum atomic E-state index is 14.5. The molecule has 0 amide bonds. The summed E-state index contributed by atoms with van der Waals surface area (Å²) in [6.45, 7) is 2.78. The lowest BCUT2D eigenvalue weighted by Gasteiger charge is -2.19. The highest BCUT2D eigenvalue weighted by atomic mass is 35.5. The van der Waals surface area contributed by atoms with E-state index in [-0.39, 0.29) is 5.82 Å². The molecule has 1 aliphatic rings. The molecule has 3 aromatic heterocycles. The minimum atomic E-state index is -0.350. The van der Waals surface area contributed by atoms with Crippen LogP contribution in [-0.4, -0.2) is 26.1 Å². The van der Waals surface area contributed by atoms with Crippen molar-refractivity contribution in [1.82, 2.24) is 24.8 Å². The van der Waals surface area contributed by atoms with Gasteiger partial charge in [-0.15, -0.1) is 0 Å². The highest BCUT2D eigenvalue weighted by Crippen LogP contribution is 2.34. The van der Waals surface area contributed by atoms with Crippen molar-refractivity contribution in [3.63, 3.8) is 0 Å². The zero-order valence-electron chi connectivity index (χ0n) is 17.1. The Morgan fingerprint density at radius 3 is 2.81 bits per heavy atom. The summed E-state index contributed by atoms with van der Waals surface area (Å²) in [7, 11) is 0. The monoisotopic (exact) mass is 443 g/mol. The summed E-state index contributed by atoms with van der Waals surface area (Å²) in [6.07, 6.45) is 3.50. The van der Waals surface area contributed by atoms with Crippen molar-refractivity contribution in [1.29, 1.82) is 0 Å². The van der Waals surface area contributed by atoms with Gasteiger partial charge in [-0.1, -0.05) is 17.7 Å². The minimum absolute atomic E-state index is 0.350. The summed E-state index contributed by atoms with van der Waals surface area (Å²) in [6, 6.07) is 17.0. The van der Waals surface area contributed by atoms with Crippen LogP contribution in [-0.2, 0) is 13.1 Å². The molecule has 2 aromatic carbocycles. The molecule has 7 heteroatoms. The lowest BCUT2D eigenvalue weighted by atomic mass is 10.0. The molecule has 1 aliphatic heterocycles. The quantitative estimate of drug-likeness (QED) is 0.378. The number of fused-ring (bicyclic) bond motifs is 2. The highest BCUT2D eigenvalue weighted by Gasteiger charge is 2.17. The number of imidazole rings is 1. The van der Waals surface area contributed by atoms with Gasteiger partial charge in [-0.05, 0) is 48.5 Å². The van der Waals surface area contributed by atoms with Gasteiger partial charge in [0.2, 0.25) is 0 Å². The Labute approximate surface area is 188 Å². The standard InChI is InChI=1S/C25H19ClFN5/c26-18-2-4-21(27)20(11-18)25-24(30-14-31-25)15-1-5-22-16(9-15)10-17(12-29-22)23-6-3-19-13-28-7-8-32(19)23/h1-6,9-12,14,28H,7-8,13H2,(H,30,31). The van der Waals surface area contributed by atoms with Gasteiger partial charge >= 0.3 is 0 Å². The number of pyridine rings is 1. The Bertz CT molecular complexity index is 1470. The smallest absolute Gasteiger partial charge is 0.132 e. The minimum Gasteiger partial charge on any atom is -0.344 e. The third-order valence-corrected chi connectivity index (χ3v) is 6.21. The predicted molar refractivity (Wildman–Crippen MR) is 125 cm³/mol. The predicted octanol–water partition coefficient (Wildman–Crippen LogP) is 5.66. The van der Waals surface area contributed by atoms with Gasteiger partial charge in [-0.25, -0.2) is 9.37 Å². The Balaban J connectivity index is 1.45. The average Bonchev–Trinajstić information content (AvgIpc) is 3.47. The van der Waals surface area contributed by atoms with Gasteiger partial charge in [0, 0.05) is 64.3 Å². The third kappa shape index (κ3) is 3.20. The van der Waals surface area contributed by atoms with Crippen LogP contribution in [0.4, 0.5) is 4.39 Å². The molecular weight excluding hydrogens is 425 g/mol. The second kappa shape index (κ2) is 7.58. The summed E-state index contributed by atoms with van der Waals surface area (Å²) in [4.78, 5) is 12.2. The van der Waals surface area contributed by atoms with Crippen molar-refractivity contribution in [2.24, 2.45) is 0 Å². The van der Waals surface area contributed by atoms with Crippen LogP contribution in [0.25, 0.3) is 44.7 Å². The number of halogens is 2. The lowest BCUT2D eigenvalue weighted by Crippen LogP contribution is -2.27. The summed E-state index contributed by atoms with van der Waals surface area (Å²) in [5, 5.41) is 4.88. The third-order valence-electron chi connectivity index (χ3n) is 5.98. The fourth-order valence-corrected chi connectivity index (χ4v) is 4.59. The number of H-pyrrole nitrogens is 1. The van der Waals surface area contributed by atoms with Gasteiger partial charge in [0.15, 0.2) is 0 Å². The SMILES string of the molecule is Fc1ccc(Cl)cc1-c1[nH]cnc1-c1ccc2ncc(-c3ccc4n3CCNC4)cc2c1. The van der Waals surface area contributed by atoms with Crippen molar-refractivity contribution in [2.75, 3.05) is 6.54 Å². The molecular formula is C25H19ClFN5. The summed E-state index contributed by atoms with van der Waals surface area (Å²) in [5.74, 6) is -0.350. The maximum absolute atomic E-state index is 14.5. The molecule has 5 nitrogen and oxygen atoms in total. The molecule has 0 aliphatic carbocycles. The average molecular weight is 444 g/mol. The first-order chi connectivity index (χ1) is 15.7. The maximum Gasteiger partial charge on any atom is 0.132 e. The van der Waals surface area contributed by atoms with Crippen LogP contribution in [0.5, 0.6) is 0 Å². The Kier molecular flexibility index (Phi) is 4.56. The number of nitrogens with zero attached hydrogens (tertiary/aromatic N) is 3. The molecule has 2 N–H and O–H groups in total. The number of hydrogen-bond acceptors (Lipinski definition) is 3. The second-order valence-electron chi connectivity index (χ2n) is 7.92. The molecule has 0 fully saturated rings. The number of nitrogens with one attached hydrogen (secondary N) is 2. The zero-order chi connectivity index (χ0) is 21.7. The molecule has 5 aromatic rings. The first kappa shape index (κ1) is 19.2. The highest BCUT2D eigenvalue weighted by molar-refractivity contribution is 6.30. The fraction of sp³-hybridized carbons (Fsp3) is 0.120.